The summed E-state index contributed by atoms with van der Waals surface area (Å²) in [6.45, 7) is -1.58. The lowest BCUT2D eigenvalue weighted by atomic mass is 10.1. The molecule has 0 unspecified atom stereocenters. The second kappa shape index (κ2) is 5.72. The molecular formula is C13H11F4NO3. The Bertz CT molecular complexity index is 654. The van der Waals surface area contributed by atoms with Gasteiger partial charge >= 0.3 is 18.3 Å². The Kier molecular flexibility index (Phi) is 4.17. The molecule has 0 bridgehead atoms. The Labute approximate surface area is 116 Å². The average Bonchev–Trinajstić information content (AvgIpc) is 2.78. The molecule has 1 heterocycles. The number of hydrogen-bond acceptors (Lipinski definition) is 3. The third-order valence-electron chi connectivity index (χ3n) is 2.87. The van der Waals surface area contributed by atoms with Gasteiger partial charge in [0.15, 0.2) is 0 Å². The molecule has 0 saturated carbocycles. The summed E-state index contributed by atoms with van der Waals surface area (Å²) in [6, 6.07) is 6.34. The van der Waals surface area contributed by atoms with Crippen LogP contribution in [0.5, 0.6) is 0 Å². The molecule has 0 amide bonds. The predicted molar refractivity (Wildman–Crippen MR) is 65.8 cm³/mol. The van der Waals surface area contributed by atoms with E-state index in [0.717, 1.165) is 0 Å². The van der Waals surface area contributed by atoms with E-state index in [4.69, 9.17) is 9.52 Å². The van der Waals surface area contributed by atoms with Crippen LogP contribution in [0.1, 0.15) is 16.1 Å². The summed E-state index contributed by atoms with van der Waals surface area (Å²) in [7, 11) is 0. The first-order valence-corrected chi connectivity index (χ1v) is 5.93. The van der Waals surface area contributed by atoms with Gasteiger partial charge < -0.3 is 14.8 Å². The van der Waals surface area contributed by atoms with Gasteiger partial charge in [-0.2, -0.15) is 8.78 Å². The Hall–Kier alpha value is -2.09. The number of nitrogens with one attached hydrogen (secondary N) is 1. The normalized spacial score (nSPS) is 12.2. The molecule has 0 aliphatic heterocycles. The van der Waals surface area contributed by atoms with Crippen molar-refractivity contribution in [2.75, 3.05) is 6.54 Å². The number of carbonyl (C=O) groups is 1. The first-order chi connectivity index (χ1) is 9.83. The third kappa shape index (κ3) is 3.15. The molecule has 1 aromatic heterocycles. The number of halogens is 4. The van der Waals surface area contributed by atoms with Gasteiger partial charge in [-0.25, -0.2) is 13.6 Å². The van der Waals surface area contributed by atoms with Crippen LogP contribution < -0.4 is 5.32 Å². The zero-order valence-electron chi connectivity index (χ0n) is 10.6. The Morgan fingerprint density at radius 1 is 1.33 bits per heavy atom. The van der Waals surface area contributed by atoms with Crippen LogP contribution in [0.2, 0.25) is 0 Å². The van der Waals surface area contributed by atoms with Crippen LogP contribution in [0.25, 0.3) is 11.0 Å². The van der Waals surface area contributed by atoms with Crippen LogP contribution in [0.15, 0.2) is 28.7 Å². The first-order valence-electron chi connectivity index (χ1n) is 5.93. The van der Waals surface area contributed by atoms with Gasteiger partial charge in [-0.3, -0.25) is 0 Å². The molecule has 0 aliphatic carbocycles. The van der Waals surface area contributed by atoms with E-state index in [1.165, 1.54) is 6.07 Å². The largest absolute Gasteiger partial charge is 0.475 e. The number of aromatic carboxylic acids is 1. The molecule has 8 heteroatoms. The maximum absolute atomic E-state index is 12.8. The number of fused-ring (bicyclic) bond motifs is 1. The van der Waals surface area contributed by atoms with Gasteiger partial charge in [-0.15, -0.1) is 0 Å². The van der Waals surface area contributed by atoms with Crippen molar-refractivity contribution in [3.63, 3.8) is 0 Å². The van der Waals surface area contributed by atoms with Crippen molar-refractivity contribution in [3.05, 3.63) is 35.6 Å². The van der Waals surface area contributed by atoms with E-state index in [0.29, 0.717) is 5.39 Å². The molecular weight excluding hydrogens is 294 g/mol. The van der Waals surface area contributed by atoms with Crippen molar-refractivity contribution >= 4 is 16.9 Å². The highest BCUT2D eigenvalue weighted by Gasteiger charge is 2.40. The summed E-state index contributed by atoms with van der Waals surface area (Å²) < 4.78 is 54.8. The highest BCUT2D eigenvalue weighted by molar-refractivity contribution is 5.95. The fraction of sp³-hybridized carbons (Fsp3) is 0.308. The van der Waals surface area contributed by atoms with E-state index in [9.17, 15) is 22.4 Å². The Morgan fingerprint density at radius 3 is 2.62 bits per heavy atom. The second-order valence-corrected chi connectivity index (χ2v) is 4.38. The average molecular weight is 305 g/mol. The van der Waals surface area contributed by atoms with E-state index in [1.54, 1.807) is 18.2 Å². The maximum atomic E-state index is 12.8. The number of alkyl halides is 4. The van der Waals surface area contributed by atoms with Gasteiger partial charge in [-0.1, -0.05) is 18.2 Å². The highest BCUT2D eigenvalue weighted by Crippen LogP contribution is 2.26. The van der Waals surface area contributed by atoms with Crippen molar-refractivity contribution in [2.45, 2.75) is 18.9 Å². The lowest BCUT2D eigenvalue weighted by Crippen LogP contribution is -2.38. The molecule has 21 heavy (non-hydrogen) atoms. The molecule has 2 N–H and O–H groups in total. The standard InChI is InChI=1S/C13H11F4NO3/c14-12(15)13(16,17)6-18-5-8-7-3-1-2-4-9(7)21-10(8)11(19)20/h1-4,12,18H,5-6H2,(H,19,20). The predicted octanol–water partition coefficient (Wildman–Crippen LogP) is 3.12. The SMILES string of the molecule is O=C(O)c1oc2ccccc2c1CNCC(F)(F)C(F)F. The van der Waals surface area contributed by atoms with Gasteiger partial charge in [0, 0.05) is 17.5 Å². The van der Waals surface area contributed by atoms with Crippen LogP contribution in [-0.4, -0.2) is 30.0 Å². The maximum Gasteiger partial charge on any atom is 0.372 e. The minimum Gasteiger partial charge on any atom is -0.475 e. The summed E-state index contributed by atoms with van der Waals surface area (Å²) in [5, 5.41) is 11.6. The van der Waals surface area contributed by atoms with E-state index in [-0.39, 0.29) is 17.7 Å². The fourth-order valence-corrected chi connectivity index (χ4v) is 1.88. The van der Waals surface area contributed by atoms with Gasteiger partial charge in [-0.05, 0) is 6.07 Å². The van der Waals surface area contributed by atoms with Crippen LogP contribution in [0.3, 0.4) is 0 Å². The molecule has 2 aromatic rings. The van der Waals surface area contributed by atoms with Gasteiger partial charge in [0.2, 0.25) is 5.76 Å². The minimum atomic E-state index is -4.18. The number of furan rings is 1. The van der Waals surface area contributed by atoms with E-state index in [2.05, 4.69) is 5.32 Å². The number of carboxylic acids is 1. The molecule has 0 aliphatic rings. The zero-order valence-corrected chi connectivity index (χ0v) is 10.6. The number of carboxylic acid groups (broad SMARTS) is 1. The van der Waals surface area contributed by atoms with Crippen molar-refractivity contribution in [3.8, 4) is 0 Å². The summed E-state index contributed by atoms with van der Waals surface area (Å²) in [5.74, 6) is -5.93. The topological polar surface area (TPSA) is 62.5 Å². The molecule has 4 nitrogen and oxygen atoms in total. The molecule has 2 rings (SSSR count). The monoisotopic (exact) mass is 305 g/mol. The molecule has 0 saturated heterocycles. The summed E-state index contributed by atoms with van der Waals surface area (Å²) in [6.07, 6.45) is -3.79. The van der Waals surface area contributed by atoms with Crippen molar-refractivity contribution < 1.29 is 31.9 Å². The van der Waals surface area contributed by atoms with Crippen LogP contribution in [-0.2, 0) is 6.54 Å². The number of rotatable bonds is 6. The molecule has 114 valence electrons. The van der Waals surface area contributed by atoms with Gasteiger partial charge in [0.05, 0.1) is 6.54 Å². The van der Waals surface area contributed by atoms with E-state index < -0.39 is 30.6 Å². The molecule has 0 spiro atoms. The Morgan fingerprint density at radius 2 is 2.00 bits per heavy atom. The summed E-state index contributed by atoms with van der Waals surface area (Å²) in [4.78, 5) is 11.1. The molecule has 0 fully saturated rings. The zero-order chi connectivity index (χ0) is 15.6. The molecule has 0 radical (unpaired) electrons. The van der Waals surface area contributed by atoms with Crippen molar-refractivity contribution in [1.82, 2.24) is 5.32 Å². The van der Waals surface area contributed by atoms with Crippen LogP contribution in [0, 0.1) is 0 Å². The lowest BCUT2D eigenvalue weighted by Gasteiger charge is -2.15. The Balaban J connectivity index is 2.21. The van der Waals surface area contributed by atoms with Gasteiger partial charge in [0.1, 0.15) is 5.58 Å². The van der Waals surface area contributed by atoms with E-state index >= 15 is 0 Å². The second-order valence-electron chi connectivity index (χ2n) is 4.38. The molecule has 1 aromatic carbocycles. The van der Waals surface area contributed by atoms with Crippen molar-refractivity contribution in [2.24, 2.45) is 0 Å². The van der Waals surface area contributed by atoms with Gasteiger partial charge in [0.25, 0.3) is 0 Å². The highest BCUT2D eigenvalue weighted by atomic mass is 19.3. The van der Waals surface area contributed by atoms with Crippen molar-refractivity contribution in [1.29, 1.82) is 0 Å². The quantitative estimate of drug-likeness (QED) is 0.805. The minimum absolute atomic E-state index is 0.142. The lowest BCUT2D eigenvalue weighted by molar-refractivity contribution is -0.125. The van der Waals surface area contributed by atoms with E-state index in [1.807, 2.05) is 0 Å². The number of para-hydroxylation sites is 1. The fourth-order valence-electron chi connectivity index (χ4n) is 1.88. The third-order valence-corrected chi connectivity index (χ3v) is 2.87. The number of benzene rings is 1. The smallest absolute Gasteiger partial charge is 0.372 e. The summed E-state index contributed by atoms with van der Waals surface area (Å²) >= 11 is 0. The van der Waals surface area contributed by atoms with Crippen LogP contribution >= 0.6 is 0 Å². The molecule has 0 atom stereocenters. The summed E-state index contributed by atoms with van der Waals surface area (Å²) in [5.41, 5.74) is 0.426. The first kappa shape index (κ1) is 15.3. The van der Waals surface area contributed by atoms with Crippen LogP contribution in [0.4, 0.5) is 17.6 Å². The number of hydrogen-bond donors (Lipinski definition) is 2.